The highest BCUT2D eigenvalue weighted by Crippen LogP contribution is 2.26. The number of nitrogens with zero attached hydrogens (tertiary/aromatic N) is 4. The molecule has 2 aromatic heterocycles. The van der Waals surface area contributed by atoms with Crippen molar-refractivity contribution in [3.05, 3.63) is 21.4 Å². The summed E-state index contributed by atoms with van der Waals surface area (Å²) in [5.74, 6) is 1.64. The Morgan fingerprint density at radius 3 is 2.94 bits per heavy atom. The lowest BCUT2D eigenvalue weighted by Gasteiger charge is -2.06. The summed E-state index contributed by atoms with van der Waals surface area (Å²) in [5, 5.41) is 9.18. The van der Waals surface area contributed by atoms with E-state index < -0.39 is 0 Å². The molecule has 0 saturated heterocycles. The van der Waals surface area contributed by atoms with Crippen molar-refractivity contribution in [1.29, 1.82) is 0 Å². The third-order valence-corrected chi connectivity index (χ3v) is 4.61. The second-order valence-electron chi connectivity index (χ2n) is 3.62. The van der Waals surface area contributed by atoms with Crippen LogP contribution in [-0.4, -0.2) is 19.7 Å². The molecule has 0 aromatic carbocycles. The number of hydrogen-bond donors (Lipinski definition) is 1. The molecule has 2 rings (SSSR count). The van der Waals surface area contributed by atoms with Gasteiger partial charge in [0.05, 0.1) is 6.54 Å². The highest BCUT2D eigenvalue weighted by molar-refractivity contribution is 7.98. The molecule has 8 heteroatoms. The summed E-state index contributed by atoms with van der Waals surface area (Å²) in [5.41, 5.74) is 5.65. The summed E-state index contributed by atoms with van der Waals surface area (Å²) in [4.78, 5) is 5.15. The Balaban J connectivity index is 2.06. The fraction of sp³-hybridized carbons (Fsp3) is 0.500. The largest absolute Gasteiger partial charge is 0.324 e. The Kier molecular flexibility index (Phi) is 4.99. The molecule has 2 aromatic rings. The molecular formula is C10H14ClN5S2. The van der Waals surface area contributed by atoms with Gasteiger partial charge in [-0.05, 0) is 6.42 Å². The number of thiazole rings is 1. The summed E-state index contributed by atoms with van der Waals surface area (Å²) in [6.07, 6.45) is 2.83. The molecule has 0 radical (unpaired) electrons. The minimum atomic E-state index is 0.417. The summed E-state index contributed by atoms with van der Waals surface area (Å²) < 4.78 is 2.65. The van der Waals surface area contributed by atoms with E-state index in [-0.39, 0.29) is 0 Å². The van der Waals surface area contributed by atoms with Crippen molar-refractivity contribution >= 4 is 34.7 Å². The van der Waals surface area contributed by atoms with Gasteiger partial charge in [0, 0.05) is 23.4 Å². The van der Waals surface area contributed by atoms with Gasteiger partial charge in [-0.15, -0.1) is 21.5 Å². The van der Waals surface area contributed by atoms with Gasteiger partial charge in [0.2, 0.25) is 0 Å². The van der Waals surface area contributed by atoms with Crippen LogP contribution in [0.5, 0.6) is 0 Å². The zero-order chi connectivity index (χ0) is 13.0. The minimum absolute atomic E-state index is 0.417. The van der Waals surface area contributed by atoms with Crippen LogP contribution in [0.1, 0.15) is 24.0 Å². The molecule has 2 heterocycles. The van der Waals surface area contributed by atoms with Crippen molar-refractivity contribution in [1.82, 2.24) is 19.7 Å². The Hall–Kier alpha value is -0.630. The van der Waals surface area contributed by atoms with Gasteiger partial charge in [-0.3, -0.25) is 0 Å². The van der Waals surface area contributed by atoms with Crippen LogP contribution in [0, 0.1) is 0 Å². The smallest absolute Gasteiger partial charge is 0.191 e. The zero-order valence-corrected chi connectivity index (χ0v) is 12.4. The Morgan fingerprint density at radius 1 is 1.50 bits per heavy atom. The number of nitrogens with two attached hydrogens (primary N) is 1. The lowest BCUT2D eigenvalue weighted by molar-refractivity contribution is 0.592. The van der Waals surface area contributed by atoms with Crippen molar-refractivity contribution in [2.24, 2.45) is 5.73 Å². The van der Waals surface area contributed by atoms with E-state index in [1.54, 1.807) is 18.0 Å². The number of thioether (sulfide) groups is 1. The van der Waals surface area contributed by atoms with Crippen LogP contribution in [-0.2, 0) is 18.8 Å². The molecule has 0 atom stereocenters. The average Bonchev–Trinajstić information content (AvgIpc) is 2.94. The van der Waals surface area contributed by atoms with Gasteiger partial charge < -0.3 is 10.3 Å². The number of hydrogen-bond acceptors (Lipinski definition) is 6. The molecule has 98 valence electrons. The number of halogens is 1. The van der Waals surface area contributed by atoms with Crippen molar-refractivity contribution in [3.8, 4) is 0 Å². The average molecular weight is 304 g/mol. The third-order valence-electron chi connectivity index (χ3n) is 2.29. The molecule has 0 saturated carbocycles. The molecular weight excluding hydrogens is 290 g/mol. The molecule has 5 nitrogen and oxygen atoms in total. The van der Waals surface area contributed by atoms with Crippen molar-refractivity contribution < 1.29 is 0 Å². The van der Waals surface area contributed by atoms with Gasteiger partial charge in [-0.25, -0.2) is 4.98 Å². The predicted octanol–water partition coefficient (Wildman–Crippen LogP) is 2.55. The SMILES string of the molecule is CCCn1c(CN)nnc1SCc1cnc(Cl)s1. The normalized spacial score (nSPS) is 11.1. The maximum atomic E-state index is 5.80. The first-order valence-corrected chi connectivity index (χ1v) is 7.77. The van der Waals surface area contributed by atoms with Crippen LogP contribution in [0.4, 0.5) is 0 Å². The quantitative estimate of drug-likeness (QED) is 0.831. The monoisotopic (exact) mass is 303 g/mol. The molecule has 0 fully saturated rings. The van der Waals surface area contributed by atoms with E-state index in [4.69, 9.17) is 17.3 Å². The lowest BCUT2D eigenvalue weighted by atomic mass is 10.4. The number of rotatable bonds is 6. The van der Waals surface area contributed by atoms with Crippen LogP contribution in [0.15, 0.2) is 11.4 Å². The highest BCUT2D eigenvalue weighted by atomic mass is 35.5. The molecule has 0 bridgehead atoms. The van der Waals surface area contributed by atoms with Crippen LogP contribution < -0.4 is 5.73 Å². The van der Waals surface area contributed by atoms with Crippen molar-refractivity contribution in [3.63, 3.8) is 0 Å². The summed E-state index contributed by atoms with van der Waals surface area (Å²) in [7, 11) is 0. The van der Waals surface area contributed by atoms with E-state index in [2.05, 4.69) is 26.7 Å². The van der Waals surface area contributed by atoms with E-state index in [0.717, 1.165) is 34.6 Å². The van der Waals surface area contributed by atoms with Gasteiger partial charge in [0.15, 0.2) is 9.62 Å². The fourth-order valence-corrected chi connectivity index (χ4v) is 3.49. The first-order chi connectivity index (χ1) is 8.74. The second kappa shape index (κ2) is 6.51. The van der Waals surface area contributed by atoms with Crippen molar-refractivity contribution in [2.45, 2.75) is 37.3 Å². The molecule has 0 spiro atoms. The molecule has 0 aliphatic heterocycles. The molecule has 18 heavy (non-hydrogen) atoms. The van der Waals surface area contributed by atoms with E-state index in [0.29, 0.717) is 11.0 Å². The van der Waals surface area contributed by atoms with Gasteiger partial charge >= 0.3 is 0 Å². The van der Waals surface area contributed by atoms with E-state index >= 15 is 0 Å². The van der Waals surface area contributed by atoms with Crippen LogP contribution in [0.2, 0.25) is 4.47 Å². The minimum Gasteiger partial charge on any atom is -0.324 e. The summed E-state index contributed by atoms with van der Waals surface area (Å²) in [6.45, 7) is 3.43. The predicted molar refractivity (Wildman–Crippen MR) is 74.9 cm³/mol. The standard InChI is InChI=1S/C10H14ClN5S2/c1-2-3-16-8(4-12)14-15-10(16)17-6-7-5-13-9(11)18-7/h5H,2-4,6,12H2,1H3. The van der Waals surface area contributed by atoms with Gasteiger partial charge in [-0.1, -0.05) is 30.3 Å². The number of aromatic nitrogens is 4. The first-order valence-electron chi connectivity index (χ1n) is 5.59. The Bertz CT molecular complexity index is 510. The first kappa shape index (κ1) is 13.8. The van der Waals surface area contributed by atoms with E-state index in [1.807, 2.05) is 0 Å². The Labute approximate surface area is 119 Å². The van der Waals surface area contributed by atoms with Crippen LogP contribution in [0.25, 0.3) is 0 Å². The molecule has 0 aliphatic rings. The van der Waals surface area contributed by atoms with Gasteiger partial charge in [-0.2, -0.15) is 0 Å². The van der Waals surface area contributed by atoms with Gasteiger partial charge in [0.25, 0.3) is 0 Å². The highest BCUT2D eigenvalue weighted by Gasteiger charge is 2.11. The van der Waals surface area contributed by atoms with E-state index in [9.17, 15) is 0 Å². The molecule has 0 unspecified atom stereocenters. The second-order valence-corrected chi connectivity index (χ2v) is 6.26. The van der Waals surface area contributed by atoms with Crippen LogP contribution in [0.3, 0.4) is 0 Å². The topological polar surface area (TPSA) is 69.6 Å². The molecule has 0 amide bonds. The summed E-state index contributed by atoms with van der Waals surface area (Å²) in [6, 6.07) is 0. The maximum absolute atomic E-state index is 5.80. The lowest BCUT2D eigenvalue weighted by Crippen LogP contribution is -2.09. The fourth-order valence-electron chi connectivity index (χ4n) is 1.51. The maximum Gasteiger partial charge on any atom is 0.191 e. The van der Waals surface area contributed by atoms with Crippen LogP contribution >= 0.6 is 34.7 Å². The molecule has 0 aliphatic carbocycles. The summed E-state index contributed by atoms with van der Waals surface area (Å²) >= 11 is 8.92. The van der Waals surface area contributed by atoms with Gasteiger partial charge in [0.1, 0.15) is 5.82 Å². The van der Waals surface area contributed by atoms with E-state index in [1.165, 1.54) is 11.3 Å². The molecule has 2 N–H and O–H groups in total. The third kappa shape index (κ3) is 3.23. The van der Waals surface area contributed by atoms with Crippen molar-refractivity contribution in [2.75, 3.05) is 0 Å². The zero-order valence-electron chi connectivity index (χ0n) is 9.97. The Morgan fingerprint density at radius 2 is 2.33 bits per heavy atom.